The number of ether oxygens (including phenoxy) is 1. The van der Waals surface area contributed by atoms with Crippen molar-refractivity contribution in [1.82, 2.24) is 14.5 Å². The molecule has 0 fully saturated rings. The molecule has 32 heavy (non-hydrogen) atoms. The predicted molar refractivity (Wildman–Crippen MR) is 126 cm³/mol. The van der Waals surface area contributed by atoms with Gasteiger partial charge in [0.25, 0.3) is 0 Å². The maximum Gasteiger partial charge on any atom is 0.221 e. The molecule has 0 bridgehead atoms. The van der Waals surface area contributed by atoms with Crippen LogP contribution in [0.4, 0.5) is 11.6 Å². The first-order valence-corrected chi connectivity index (χ1v) is 9.98. The quantitative estimate of drug-likeness (QED) is 0.365. The third-order valence-corrected chi connectivity index (χ3v) is 5.40. The summed E-state index contributed by atoms with van der Waals surface area (Å²) in [6.07, 6.45) is 3.68. The van der Waals surface area contributed by atoms with E-state index in [1.165, 1.54) is 0 Å². The van der Waals surface area contributed by atoms with Gasteiger partial charge < -0.3 is 15.0 Å². The molecule has 0 radical (unpaired) electrons. The number of nitrogens with zero attached hydrogens (tertiary/aromatic N) is 4. The lowest BCUT2D eigenvalue weighted by atomic mass is 10.0. The molecule has 7 nitrogen and oxygen atoms in total. The fourth-order valence-corrected chi connectivity index (χ4v) is 3.84. The monoisotopic (exact) mass is 421 g/mol. The van der Waals surface area contributed by atoms with Gasteiger partial charge in [-0.05, 0) is 58.3 Å². The van der Waals surface area contributed by atoms with Crippen LogP contribution in [0.5, 0.6) is 5.75 Å². The van der Waals surface area contributed by atoms with Crippen molar-refractivity contribution in [3.8, 4) is 33.8 Å². The molecule has 0 atom stereocenters. The summed E-state index contributed by atoms with van der Waals surface area (Å²) in [5, 5.41) is 4.11. The second kappa shape index (κ2) is 7.96. The molecule has 0 aliphatic rings. The highest BCUT2D eigenvalue weighted by Gasteiger charge is 2.14. The zero-order valence-corrected chi connectivity index (χ0v) is 17.3. The van der Waals surface area contributed by atoms with E-state index in [1.54, 1.807) is 25.4 Å². The van der Waals surface area contributed by atoms with E-state index < -0.39 is 0 Å². The largest absolute Gasteiger partial charge is 0.497 e. The van der Waals surface area contributed by atoms with Crippen LogP contribution in [-0.2, 0) is 0 Å². The van der Waals surface area contributed by atoms with Crippen LogP contribution in [0.2, 0.25) is 0 Å². The molecule has 5 rings (SSSR count). The Balaban J connectivity index is 1.74. The van der Waals surface area contributed by atoms with Crippen molar-refractivity contribution in [3.05, 3.63) is 90.1 Å². The number of benzene rings is 3. The zero-order valence-electron chi connectivity index (χ0n) is 17.3. The minimum absolute atomic E-state index is 0.205. The number of methoxy groups -OCH3 is 1. The Morgan fingerprint density at radius 2 is 1.72 bits per heavy atom. The SMILES string of the molecule is COc1ccc(-c2cn(-c3ccnc(N)n3)c3cc(-c4cccc(N=O)c4)ccc23)cc1. The summed E-state index contributed by atoms with van der Waals surface area (Å²) in [7, 11) is 1.65. The maximum atomic E-state index is 11.0. The van der Waals surface area contributed by atoms with Gasteiger partial charge in [-0.25, -0.2) is 4.98 Å². The van der Waals surface area contributed by atoms with Crippen LogP contribution < -0.4 is 10.5 Å². The van der Waals surface area contributed by atoms with Crippen molar-refractivity contribution in [3.63, 3.8) is 0 Å². The van der Waals surface area contributed by atoms with E-state index in [0.717, 1.165) is 38.9 Å². The lowest BCUT2D eigenvalue weighted by Gasteiger charge is -2.07. The summed E-state index contributed by atoms with van der Waals surface area (Å²) in [5.74, 6) is 1.67. The van der Waals surface area contributed by atoms with Gasteiger partial charge in [0.1, 0.15) is 17.3 Å². The molecule has 0 aliphatic carbocycles. The maximum absolute atomic E-state index is 11.0. The van der Waals surface area contributed by atoms with Crippen molar-refractivity contribution in [2.24, 2.45) is 5.18 Å². The van der Waals surface area contributed by atoms with Crippen LogP contribution in [0.1, 0.15) is 0 Å². The van der Waals surface area contributed by atoms with Gasteiger partial charge in [-0.2, -0.15) is 4.98 Å². The molecule has 156 valence electrons. The van der Waals surface area contributed by atoms with Crippen LogP contribution >= 0.6 is 0 Å². The van der Waals surface area contributed by atoms with E-state index in [4.69, 9.17) is 10.5 Å². The number of anilines is 1. The highest BCUT2D eigenvalue weighted by molar-refractivity contribution is 5.99. The van der Waals surface area contributed by atoms with E-state index in [9.17, 15) is 4.91 Å². The Kier molecular flexibility index (Phi) is 4.84. The van der Waals surface area contributed by atoms with Crippen molar-refractivity contribution in [2.75, 3.05) is 12.8 Å². The average Bonchev–Trinajstić information content (AvgIpc) is 3.23. The number of hydrogen-bond donors (Lipinski definition) is 1. The van der Waals surface area contributed by atoms with Crippen molar-refractivity contribution in [2.45, 2.75) is 0 Å². The highest BCUT2D eigenvalue weighted by Crippen LogP contribution is 2.36. The topological polar surface area (TPSA) is 95.4 Å². The van der Waals surface area contributed by atoms with Crippen LogP contribution in [0.3, 0.4) is 0 Å². The van der Waals surface area contributed by atoms with Gasteiger partial charge in [-0.15, -0.1) is 4.91 Å². The van der Waals surface area contributed by atoms with Crippen molar-refractivity contribution >= 4 is 22.5 Å². The standard InChI is InChI=1S/C25H19N5O2/c1-32-20-8-5-16(6-9-20)22-15-30(24-11-12-27-25(26)28-24)23-14-18(7-10-21(22)23)17-3-2-4-19(13-17)29-31/h2-15H,1H3,(H2,26,27,28). The first-order chi connectivity index (χ1) is 15.7. The van der Waals surface area contributed by atoms with Crippen LogP contribution in [0.15, 0.2) is 90.4 Å². The minimum atomic E-state index is 0.205. The predicted octanol–water partition coefficient (Wildman–Crippen LogP) is 5.74. The minimum Gasteiger partial charge on any atom is -0.497 e. The third-order valence-electron chi connectivity index (χ3n) is 5.40. The molecular weight excluding hydrogens is 402 g/mol. The summed E-state index contributed by atoms with van der Waals surface area (Å²) in [4.78, 5) is 19.4. The van der Waals surface area contributed by atoms with E-state index in [1.807, 2.05) is 59.3 Å². The number of hydrogen-bond acceptors (Lipinski definition) is 6. The Labute approximate surface area is 184 Å². The van der Waals surface area contributed by atoms with Gasteiger partial charge in [0.2, 0.25) is 5.95 Å². The van der Waals surface area contributed by atoms with Gasteiger partial charge in [0.15, 0.2) is 0 Å². The Bertz CT molecular complexity index is 1440. The first-order valence-electron chi connectivity index (χ1n) is 9.98. The lowest BCUT2D eigenvalue weighted by Crippen LogP contribution is -2.01. The summed E-state index contributed by atoms with van der Waals surface area (Å²) < 4.78 is 7.30. The third kappa shape index (κ3) is 3.45. The van der Waals surface area contributed by atoms with Crippen LogP contribution in [0, 0.1) is 4.91 Å². The van der Waals surface area contributed by atoms with Gasteiger partial charge in [0.05, 0.1) is 12.6 Å². The average molecular weight is 421 g/mol. The lowest BCUT2D eigenvalue weighted by molar-refractivity contribution is 0.415. The Morgan fingerprint density at radius 3 is 2.47 bits per heavy atom. The summed E-state index contributed by atoms with van der Waals surface area (Å²) >= 11 is 0. The van der Waals surface area contributed by atoms with Gasteiger partial charge in [-0.1, -0.05) is 36.4 Å². The first kappa shape index (κ1) is 19.4. The smallest absolute Gasteiger partial charge is 0.221 e. The van der Waals surface area contributed by atoms with E-state index in [0.29, 0.717) is 11.5 Å². The fourth-order valence-electron chi connectivity index (χ4n) is 3.84. The van der Waals surface area contributed by atoms with E-state index >= 15 is 0 Å². The molecule has 0 spiro atoms. The normalized spacial score (nSPS) is 10.9. The van der Waals surface area contributed by atoms with Gasteiger partial charge >= 0.3 is 0 Å². The van der Waals surface area contributed by atoms with Crippen LogP contribution in [0.25, 0.3) is 39.0 Å². The highest BCUT2D eigenvalue weighted by atomic mass is 16.5. The van der Waals surface area contributed by atoms with Gasteiger partial charge in [-0.3, -0.25) is 0 Å². The van der Waals surface area contributed by atoms with Crippen molar-refractivity contribution < 1.29 is 4.74 Å². The molecule has 2 N–H and O–H groups in total. The second-order valence-corrected chi connectivity index (χ2v) is 7.29. The van der Waals surface area contributed by atoms with Gasteiger partial charge in [0, 0.05) is 23.3 Å². The molecule has 0 amide bonds. The molecule has 2 aromatic heterocycles. The molecular formula is C25H19N5O2. The number of nitrogen functional groups attached to an aromatic ring is 1. The summed E-state index contributed by atoms with van der Waals surface area (Å²) in [5.41, 5.74) is 11.2. The molecule has 3 aromatic carbocycles. The summed E-state index contributed by atoms with van der Waals surface area (Å²) in [6, 6.07) is 23.2. The number of nitroso groups, excluding NO2 is 1. The number of rotatable bonds is 5. The van der Waals surface area contributed by atoms with Crippen molar-refractivity contribution in [1.29, 1.82) is 0 Å². The molecule has 0 aliphatic heterocycles. The number of nitrogens with two attached hydrogens (primary N) is 1. The summed E-state index contributed by atoms with van der Waals surface area (Å²) in [6.45, 7) is 0. The second-order valence-electron chi connectivity index (χ2n) is 7.29. The van der Waals surface area contributed by atoms with E-state index in [-0.39, 0.29) is 5.95 Å². The molecule has 5 aromatic rings. The zero-order chi connectivity index (χ0) is 22.1. The van der Waals surface area contributed by atoms with Crippen LogP contribution in [-0.4, -0.2) is 21.6 Å². The molecule has 2 heterocycles. The molecule has 0 saturated carbocycles. The molecule has 0 unspecified atom stereocenters. The number of aromatic nitrogens is 3. The Hall–Kier alpha value is -4.52. The number of fused-ring (bicyclic) bond motifs is 1. The molecule has 7 heteroatoms. The Morgan fingerprint density at radius 1 is 0.938 bits per heavy atom. The van der Waals surface area contributed by atoms with E-state index in [2.05, 4.69) is 27.3 Å². The molecule has 0 saturated heterocycles. The fraction of sp³-hybridized carbons (Fsp3) is 0.0400.